The molecule has 0 aliphatic rings. The highest BCUT2D eigenvalue weighted by Gasteiger charge is 2.29. The van der Waals surface area contributed by atoms with Crippen LogP contribution in [0.15, 0.2) is 23.6 Å². The SMILES string of the molecule is CC(=O)Nc1nc(C(=O)Nc2cc(F)ccc2OCC(F)(F)F)cs1. The number of benzene rings is 1. The fourth-order valence-corrected chi connectivity index (χ4v) is 2.39. The topological polar surface area (TPSA) is 80.3 Å². The van der Waals surface area contributed by atoms with Gasteiger partial charge in [-0.05, 0) is 12.1 Å². The molecule has 0 bridgehead atoms. The average Bonchev–Trinajstić information content (AvgIpc) is 2.93. The van der Waals surface area contributed by atoms with E-state index in [1.807, 2.05) is 0 Å². The number of nitrogens with one attached hydrogen (secondary N) is 2. The van der Waals surface area contributed by atoms with Crippen LogP contribution >= 0.6 is 11.3 Å². The first-order valence-electron chi connectivity index (χ1n) is 6.67. The molecule has 0 saturated carbocycles. The zero-order chi connectivity index (χ0) is 18.6. The van der Waals surface area contributed by atoms with Crippen molar-refractivity contribution in [1.82, 2.24) is 4.98 Å². The van der Waals surface area contributed by atoms with Crippen LogP contribution in [-0.2, 0) is 4.79 Å². The second-order valence-electron chi connectivity index (χ2n) is 4.72. The number of amides is 2. The smallest absolute Gasteiger partial charge is 0.422 e. The summed E-state index contributed by atoms with van der Waals surface area (Å²) in [5, 5.41) is 6.11. The Labute approximate surface area is 142 Å². The number of thiazole rings is 1. The molecule has 1 aromatic carbocycles. The molecule has 0 radical (unpaired) electrons. The maximum absolute atomic E-state index is 13.3. The number of aromatic nitrogens is 1. The molecule has 0 unspecified atom stereocenters. The van der Waals surface area contributed by atoms with Gasteiger partial charge in [0.05, 0.1) is 5.69 Å². The number of hydrogen-bond acceptors (Lipinski definition) is 5. The van der Waals surface area contributed by atoms with E-state index < -0.39 is 24.5 Å². The number of alkyl halides is 3. The number of carbonyl (C=O) groups is 2. The summed E-state index contributed by atoms with van der Waals surface area (Å²) in [5.41, 5.74) is -0.372. The zero-order valence-corrected chi connectivity index (χ0v) is 13.4. The second-order valence-corrected chi connectivity index (χ2v) is 5.58. The Morgan fingerprint density at radius 3 is 2.64 bits per heavy atom. The average molecular weight is 377 g/mol. The van der Waals surface area contributed by atoms with Crippen LogP contribution < -0.4 is 15.4 Å². The van der Waals surface area contributed by atoms with Crippen LogP contribution in [0.2, 0.25) is 0 Å². The Kier molecular flexibility index (Phi) is 5.57. The quantitative estimate of drug-likeness (QED) is 0.783. The minimum absolute atomic E-state index is 0.0974. The fourth-order valence-electron chi connectivity index (χ4n) is 1.66. The van der Waals surface area contributed by atoms with Crippen molar-refractivity contribution in [2.24, 2.45) is 0 Å². The molecule has 1 aromatic heterocycles. The highest BCUT2D eigenvalue weighted by atomic mass is 32.1. The first-order valence-corrected chi connectivity index (χ1v) is 7.55. The third kappa shape index (κ3) is 5.71. The van der Waals surface area contributed by atoms with Gasteiger partial charge < -0.3 is 15.4 Å². The van der Waals surface area contributed by atoms with Gasteiger partial charge in [-0.15, -0.1) is 11.3 Å². The van der Waals surface area contributed by atoms with Gasteiger partial charge in [-0.3, -0.25) is 9.59 Å². The first-order chi connectivity index (χ1) is 11.6. The monoisotopic (exact) mass is 377 g/mol. The van der Waals surface area contributed by atoms with Crippen molar-refractivity contribution in [2.75, 3.05) is 17.2 Å². The fraction of sp³-hybridized carbons (Fsp3) is 0.214. The molecule has 2 rings (SSSR count). The van der Waals surface area contributed by atoms with Crippen LogP contribution in [0, 0.1) is 5.82 Å². The van der Waals surface area contributed by atoms with Gasteiger partial charge in [0.15, 0.2) is 11.7 Å². The molecule has 11 heteroatoms. The molecular formula is C14H11F4N3O3S. The lowest BCUT2D eigenvalue weighted by molar-refractivity contribution is -0.153. The van der Waals surface area contributed by atoms with Gasteiger partial charge in [0.25, 0.3) is 5.91 Å². The number of nitrogens with zero attached hydrogens (tertiary/aromatic N) is 1. The van der Waals surface area contributed by atoms with Crippen LogP contribution in [0.25, 0.3) is 0 Å². The first kappa shape index (κ1) is 18.6. The highest BCUT2D eigenvalue weighted by Crippen LogP contribution is 2.28. The third-order valence-corrected chi connectivity index (χ3v) is 3.36. The van der Waals surface area contributed by atoms with Gasteiger partial charge in [-0.2, -0.15) is 13.2 Å². The van der Waals surface area contributed by atoms with Crippen LogP contribution in [0.5, 0.6) is 5.75 Å². The van der Waals surface area contributed by atoms with E-state index in [1.54, 1.807) is 0 Å². The van der Waals surface area contributed by atoms with E-state index in [4.69, 9.17) is 0 Å². The van der Waals surface area contributed by atoms with E-state index in [0.717, 1.165) is 29.5 Å². The molecule has 6 nitrogen and oxygen atoms in total. The molecule has 0 fully saturated rings. The Bertz CT molecular complexity index is 792. The van der Waals surface area contributed by atoms with E-state index in [0.29, 0.717) is 0 Å². The highest BCUT2D eigenvalue weighted by molar-refractivity contribution is 7.14. The molecule has 2 aromatic rings. The summed E-state index contributed by atoms with van der Waals surface area (Å²) in [6.45, 7) is -0.330. The molecular weight excluding hydrogens is 366 g/mol. The molecule has 2 N–H and O–H groups in total. The summed E-state index contributed by atoms with van der Waals surface area (Å²) in [6.07, 6.45) is -4.59. The van der Waals surface area contributed by atoms with E-state index >= 15 is 0 Å². The molecule has 0 saturated heterocycles. The van der Waals surface area contributed by atoms with Gasteiger partial charge in [0.1, 0.15) is 17.3 Å². The number of ether oxygens (including phenoxy) is 1. The molecule has 0 atom stereocenters. The van der Waals surface area contributed by atoms with Crippen molar-refractivity contribution in [2.45, 2.75) is 13.1 Å². The lowest BCUT2D eigenvalue weighted by atomic mass is 10.2. The second kappa shape index (κ2) is 7.47. The summed E-state index contributed by atoms with van der Waals surface area (Å²) >= 11 is 0.980. The van der Waals surface area contributed by atoms with Crippen molar-refractivity contribution in [3.05, 3.63) is 35.1 Å². The number of rotatable bonds is 5. The van der Waals surface area contributed by atoms with Gasteiger partial charge in [-0.1, -0.05) is 0 Å². The minimum atomic E-state index is -4.59. The van der Waals surface area contributed by atoms with E-state index in [1.165, 1.54) is 12.3 Å². The van der Waals surface area contributed by atoms with Crippen molar-refractivity contribution < 1.29 is 31.9 Å². The molecule has 0 aliphatic carbocycles. The summed E-state index contributed by atoms with van der Waals surface area (Å²) in [5.74, 6) is -2.29. The number of anilines is 2. The van der Waals surface area contributed by atoms with Crippen LogP contribution in [0.1, 0.15) is 17.4 Å². The summed E-state index contributed by atoms with van der Waals surface area (Å²) in [7, 11) is 0. The van der Waals surface area contributed by atoms with Gasteiger partial charge in [0.2, 0.25) is 5.91 Å². The lowest BCUT2D eigenvalue weighted by Crippen LogP contribution is -2.20. The van der Waals surface area contributed by atoms with E-state index in [2.05, 4.69) is 20.4 Å². The molecule has 134 valence electrons. The number of hydrogen-bond donors (Lipinski definition) is 2. The van der Waals surface area contributed by atoms with Crippen molar-refractivity contribution in [1.29, 1.82) is 0 Å². The predicted molar refractivity (Wildman–Crippen MR) is 82.3 cm³/mol. The normalized spacial score (nSPS) is 11.1. The zero-order valence-electron chi connectivity index (χ0n) is 12.6. The van der Waals surface area contributed by atoms with Crippen molar-refractivity contribution >= 4 is 34.0 Å². The molecule has 0 aliphatic heterocycles. The van der Waals surface area contributed by atoms with Crippen molar-refractivity contribution in [3.8, 4) is 5.75 Å². The predicted octanol–water partition coefficient (Wildman–Crippen LogP) is 3.43. The van der Waals surface area contributed by atoms with Crippen LogP contribution in [0.4, 0.5) is 28.4 Å². The summed E-state index contributed by atoms with van der Waals surface area (Å²) in [4.78, 5) is 26.9. The Hall–Kier alpha value is -2.69. The molecule has 1 heterocycles. The van der Waals surface area contributed by atoms with Crippen LogP contribution in [0.3, 0.4) is 0 Å². The van der Waals surface area contributed by atoms with Crippen molar-refractivity contribution in [3.63, 3.8) is 0 Å². The minimum Gasteiger partial charge on any atom is -0.482 e. The number of carbonyl (C=O) groups excluding carboxylic acids is 2. The summed E-state index contributed by atoms with van der Waals surface area (Å²) in [6, 6.07) is 2.70. The maximum Gasteiger partial charge on any atom is 0.422 e. The van der Waals surface area contributed by atoms with Gasteiger partial charge in [-0.25, -0.2) is 9.37 Å². The third-order valence-electron chi connectivity index (χ3n) is 2.60. The van der Waals surface area contributed by atoms with E-state index in [-0.39, 0.29) is 28.2 Å². The lowest BCUT2D eigenvalue weighted by Gasteiger charge is -2.13. The molecule has 25 heavy (non-hydrogen) atoms. The maximum atomic E-state index is 13.3. The molecule has 2 amide bonds. The van der Waals surface area contributed by atoms with E-state index in [9.17, 15) is 27.2 Å². The Morgan fingerprint density at radius 1 is 1.28 bits per heavy atom. The molecule has 0 spiro atoms. The Balaban J connectivity index is 2.15. The Morgan fingerprint density at radius 2 is 2.00 bits per heavy atom. The van der Waals surface area contributed by atoms with Crippen LogP contribution in [-0.4, -0.2) is 29.6 Å². The summed E-state index contributed by atoms with van der Waals surface area (Å²) < 4.78 is 54.7. The largest absolute Gasteiger partial charge is 0.482 e. The standard InChI is InChI=1S/C14H11F4N3O3S/c1-7(22)19-13-21-10(5-25-13)12(23)20-9-4-8(15)2-3-11(9)24-6-14(16,17)18/h2-5H,6H2,1H3,(H,20,23)(H,19,21,22). The van der Waals surface area contributed by atoms with Gasteiger partial charge in [0, 0.05) is 18.4 Å². The van der Waals surface area contributed by atoms with Gasteiger partial charge >= 0.3 is 6.18 Å². The number of halogens is 4.